The molecule has 1 aromatic heterocycles. The fourth-order valence-electron chi connectivity index (χ4n) is 3.63. The van der Waals surface area contributed by atoms with Crippen LogP contribution in [-0.2, 0) is 4.79 Å². The first-order chi connectivity index (χ1) is 15.1. The largest absolute Gasteiger partial charge is 0.484 e. The Bertz CT molecular complexity index is 964. The zero-order valence-corrected chi connectivity index (χ0v) is 19.6. The second-order valence-corrected chi connectivity index (χ2v) is 10.9. The lowest BCUT2D eigenvalue weighted by molar-refractivity contribution is -0.124. The van der Waals surface area contributed by atoms with Crippen LogP contribution in [0.1, 0.15) is 48.7 Å². The molecule has 7 heteroatoms. The van der Waals surface area contributed by atoms with Crippen LogP contribution in [0.25, 0.3) is 11.0 Å². The molecule has 0 aliphatic carbocycles. The molecule has 1 aliphatic heterocycles. The SMILES string of the molecule is CC(C)CC(NC(=O)COc1ccc(C2SCCCS2)cc1)c1nc2ccccc2[nH]1. The third kappa shape index (κ3) is 5.98. The normalized spacial score (nSPS) is 15.8. The summed E-state index contributed by atoms with van der Waals surface area (Å²) in [6.07, 6.45) is 2.09. The third-order valence-electron chi connectivity index (χ3n) is 5.13. The number of rotatable bonds is 8. The van der Waals surface area contributed by atoms with Gasteiger partial charge in [0.25, 0.3) is 5.91 Å². The summed E-state index contributed by atoms with van der Waals surface area (Å²) in [7, 11) is 0. The van der Waals surface area contributed by atoms with Crippen LogP contribution in [0.3, 0.4) is 0 Å². The van der Waals surface area contributed by atoms with Crippen molar-refractivity contribution in [3.63, 3.8) is 0 Å². The first-order valence-corrected chi connectivity index (χ1v) is 12.9. The van der Waals surface area contributed by atoms with Gasteiger partial charge < -0.3 is 15.0 Å². The van der Waals surface area contributed by atoms with Gasteiger partial charge in [-0.2, -0.15) is 0 Å². The third-order valence-corrected chi connectivity index (χ3v) is 8.14. The molecular weight excluding hydrogens is 426 g/mol. The number of para-hydroxylation sites is 2. The van der Waals surface area contributed by atoms with Gasteiger partial charge in [-0.3, -0.25) is 4.79 Å². The summed E-state index contributed by atoms with van der Waals surface area (Å²) in [4.78, 5) is 20.7. The summed E-state index contributed by atoms with van der Waals surface area (Å²) < 4.78 is 6.26. The van der Waals surface area contributed by atoms with Gasteiger partial charge in [-0.25, -0.2) is 4.98 Å². The van der Waals surface area contributed by atoms with Gasteiger partial charge >= 0.3 is 0 Å². The smallest absolute Gasteiger partial charge is 0.258 e. The molecule has 0 radical (unpaired) electrons. The molecule has 31 heavy (non-hydrogen) atoms. The molecule has 2 aromatic carbocycles. The van der Waals surface area contributed by atoms with Gasteiger partial charge in [0.15, 0.2) is 6.61 Å². The number of fused-ring (bicyclic) bond motifs is 1. The van der Waals surface area contributed by atoms with Crippen LogP contribution in [0.5, 0.6) is 5.75 Å². The fourth-order valence-corrected chi connectivity index (χ4v) is 6.53. The minimum atomic E-state index is -0.175. The molecule has 5 nitrogen and oxygen atoms in total. The predicted octanol–water partition coefficient (Wildman–Crippen LogP) is 5.71. The van der Waals surface area contributed by atoms with Crippen molar-refractivity contribution < 1.29 is 9.53 Å². The molecule has 2 heterocycles. The van der Waals surface area contributed by atoms with Gasteiger partial charge in [-0.15, -0.1) is 23.5 Å². The number of nitrogens with zero attached hydrogens (tertiary/aromatic N) is 1. The van der Waals surface area contributed by atoms with E-state index in [1.807, 2.05) is 59.9 Å². The van der Waals surface area contributed by atoms with E-state index in [9.17, 15) is 4.79 Å². The molecule has 1 amide bonds. The molecule has 0 spiro atoms. The average Bonchev–Trinajstić information content (AvgIpc) is 3.22. The summed E-state index contributed by atoms with van der Waals surface area (Å²) in [6.45, 7) is 4.27. The molecule has 2 N–H and O–H groups in total. The van der Waals surface area contributed by atoms with Crippen LogP contribution in [0.2, 0.25) is 0 Å². The lowest BCUT2D eigenvalue weighted by atomic mass is 10.0. The molecule has 1 unspecified atom stereocenters. The van der Waals surface area contributed by atoms with Crippen LogP contribution in [-0.4, -0.2) is 34.0 Å². The number of imidazole rings is 1. The van der Waals surface area contributed by atoms with Gasteiger partial charge in [0, 0.05) is 0 Å². The number of carbonyl (C=O) groups is 1. The number of thioether (sulfide) groups is 2. The number of hydrogen-bond acceptors (Lipinski definition) is 5. The van der Waals surface area contributed by atoms with Gasteiger partial charge in [0.1, 0.15) is 11.6 Å². The van der Waals surface area contributed by atoms with Crippen molar-refractivity contribution in [1.29, 1.82) is 0 Å². The van der Waals surface area contributed by atoms with E-state index >= 15 is 0 Å². The number of nitrogens with one attached hydrogen (secondary N) is 2. The van der Waals surface area contributed by atoms with Crippen LogP contribution < -0.4 is 10.1 Å². The number of benzene rings is 2. The molecule has 1 saturated heterocycles. The lowest BCUT2D eigenvalue weighted by Gasteiger charge is -2.21. The van der Waals surface area contributed by atoms with Crippen molar-refractivity contribution in [3.05, 3.63) is 59.9 Å². The number of amides is 1. The van der Waals surface area contributed by atoms with E-state index in [0.29, 0.717) is 16.2 Å². The molecule has 0 saturated carbocycles. The maximum Gasteiger partial charge on any atom is 0.258 e. The Morgan fingerprint density at radius 1 is 1.16 bits per heavy atom. The van der Waals surface area contributed by atoms with Gasteiger partial charge in [-0.1, -0.05) is 38.1 Å². The molecule has 1 atom stereocenters. The van der Waals surface area contributed by atoms with Crippen LogP contribution >= 0.6 is 23.5 Å². The van der Waals surface area contributed by atoms with Crippen LogP contribution in [0.15, 0.2) is 48.5 Å². The minimum Gasteiger partial charge on any atom is -0.484 e. The first kappa shape index (κ1) is 22.1. The van der Waals surface area contributed by atoms with Crippen LogP contribution in [0.4, 0.5) is 0 Å². The number of ether oxygens (including phenoxy) is 1. The Labute approximate surface area is 192 Å². The van der Waals surface area contributed by atoms with E-state index in [1.165, 1.54) is 23.5 Å². The van der Waals surface area contributed by atoms with Crippen molar-refractivity contribution >= 4 is 40.5 Å². The predicted molar refractivity (Wildman–Crippen MR) is 131 cm³/mol. The van der Waals surface area contributed by atoms with Gasteiger partial charge in [0.2, 0.25) is 0 Å². The molecular formula is C24H29N3O2S2. The summed E-state index contributed by atoms with van der Waals surface area (Å²) >= 11 is 4.00. The average molecular weight is 456 g/mol. The highest BCUT2D eigenvalue weighted by Gasteiger charge is 2.20. The Morgan fingerprint density at radius 2 is 1.90 bits per heavy atom. The fraction of sp³-hybridized carbons (Fsp3) is 0.417. The molecule has 164 valence electrons. The van der Waals surface area contributed by atoms with Crippen LogP contribution in [0, 0.1) is 5.92 Å². The Kier molecular flexibility index (Phi) is 7.45. The molecule has 3 aromatic rings. The second kappa shape index (κ2) is 10.5. The Morgan fingerprint density at radius 3 is 2.61 bits per heavy atom. The lowest BCUT2D eigenvalue weighted by Crippen LogP contribution is -2.34. The van der Waals surface area contributed by atoms with Gasteiger partial charge in [-0.05, 0) is 60.1 Å². The summed E-state index contributed by atoms with van der Waals surface area (Å²) in [6, 6.07) is 15.9. The summed E-state index contributed by atoms with van der Waals surface area (Å²) in [5, 5.41) is 3.09. The zero-order chi connectivity index (χ0) is 21.6. The van der Waals surface area contributed by atoms with E-state index in [1.54, 1.807) is 0 Å². The summed E-state index contributed by atoms with van der Waals surface area (Å²) in [5.41, 5.74) is 3.20. The van der Waals surface area contributed by atoms with E-state index in [0.717, 1.165) is 23.3 Å². The number of aromatic amines is 1. The minimum absolute atomic E-state index is 0.0128. The zero-order valence-electron chi connectivity index (χ0n) is 18.0. The maximum atomic E-state index is 12.6. The van der Waals surface area contributed by atoms with Crippen molar-refractivity contribution in [3.8, 4) is 5.75 Å². The monoisotopic (exact) mass is 455 g/mol. The van der Waals surface area contributed by atoms with E-state index in [-0.39, 0.29) is 18.6 Å². The van der Waals surface area contributed by atoms with E-state index in [4.69, 9.17) is 4.74 Å². The standard InChI is InChI=1S/C24H29N3O2S2/c1-16(2)14-21(23-26-19-6-3-4-7-20(19)27-23)25-22(28)15-29-18-10-8-17(9-11-18)24-30-12-5-13-31-24/h3-4,6-11,16,21,24H,5,12-15H2,1-2H3,(H,25,28)(H,26,27). The van der Waals surface area contributed by atoms with Crippen molar-refractivity contribution in [2.75, 3.05) is 18.1 Å². The maximum absolute atomic E-state index is 12.6. The van der Waals surface area contributed by atoms with Crippen molar-refractivity contribution in [2.24, 2.45) is 5.92 Å². The number of carbonyl (C=O) groups excluding carboxylic acids is 1. The van der Waals surface area contributed by atoms with E-state index in [2.05, 4.69) is 41.3 Å². The highest BCUT2D eigenvalue weighted by atomic mass is 32.2. The van der Waals surface area contributed by atoms with E-state index < -0.39 is 0 Å². The molecule has 1 aliphatic rings. The van der Waals surface area contributed by atoms with Gasteiger partial charge in [0.05, 0.1) is 21.7 Å². The quantitative estimate of drug-likeness (QED) is 0.455. The molecule has 4 rings (SSSR count). The highest BCUT2D eigenvalue weighted by molar-refractivity contribution is 8.16. The second-order valence-electron chi connectivity index (χ2n) is 8.17. The first-order valence-electron chi connectivity index (χ1n) is 10.8. The number of aromatic nitrogens is 2. The number of H-pyrrole nitrogens is 1. The number of hydrogen-bond donors (Lipinski definition) is 2. The van der Waals surface area contributed by atoms with Crippen molar-refractivity contribution in [2.45, 2.75) is 37.3 Å². The molecule has 1 fully saturated rings. The van der Waals surface area contributed by atoms with Crippen molar-refractivity contribution in [1.82, 2.24) is 15.3 Å². The highest BCUT2D eigenvalue weighted by Crippen LogP contribution is 2.43. The topological polar surface area (TPSA) is 67.0 Å². The molecule has 0 bridgehead atoms. The summed E-state index contributed by atoms with van der Waals surface area (Å²) in [5.74, 6) is 4.22. The Balaban J connectivity index is 1.35. The Hall–Kier alpha value is -2.12.